The highest BCUT2D eigenvalue weighted by Crippen LogP contribution is 2.23. The third kappa shape index (κ3) is 5.25. The van der Waals surface area contributed by atoms with Gasteiger partial charge in [-0.1, -0.05) is 53.5 Å². The fourth-order valence-electron chi connectivity index (χ4n) is 2.25. The largest absolute Gasteiger partial charge is 0.481 e. The highest BCUT2D eigenvalue weighted by Gasteiger charge is 2.13. The van der Waals surface area contributed by atoms with Crippen LogP contribution in [0, 0.1) is 0 Å². The summed E-state index contributed by atoms with van der Waals surface area (Å²) < 4.78 is 0. The van der Waals surface area contributed by atoms with E-state index in [1.165, 1.54) is 0 Å². The topological polar surface area (TPSA) is 66.4 Å². The first-order valence-corrected chi connectivity index (χ1v) is 8.25. The molecule has 0 radical (unpaired) electrons. The molecule has 24 heavy (non-hydrogen) atoms. The molecular formula is C18H17Cl2NO3. The monoisotopic (exact) mass is 365 g/mol. The molecule has 126 valence electrons. The van der Waals surface area contributed by atoms with Gasteiger partial charge in [-0.25, -0.2) is 0 Å². The SMILES string of the molecule is O=C(O)CCc1ccc(CCNC(=O)c2c(Cl)cccc2Cl)cc1. The van der Waals surface area contributed by atoms with Crippen LogP contribution < -0.4 is 5.32 Å². The third-order valence-corrected chi connectivity index (χ3v) is 4.17. The summed E-state index contributed by atoms with van der Waals surface area (Å²) in [6.45, 7) is 0.453. The van der Waals surface area contributed by atoms with Crippen LogP contribution in [0.4, 0.5) is 0 Å². The minimum atomic E-state index is -0.806. The number of carboxylic acids is 1. The Bertz CT molecular complexity index is 709. The lowest BCUT2D eigenvalue weighted by atomic mass is 10.1. The first-order chi connectivity index (χ1) is 11.5. The maximum Gasteiger partial charge on any atom is 0.303 e. The zero-order valence-electron chi connectivity index (χ0n) is 12.9. The molecule has 0 saturated carbocycles. The van der Waals surface area contributed by atoms with Gasteiger partial charge in [0.15, 0.2) is 0 Å². The van der Waals surface area contributed by atoms with Gasteiger partial charge >= 0.3 is 5.97 Å². The molecule has 2 rings (SSSR count). The second kappa shape index (κ2) is 8.71. The van der Waals surface area contributed by atoms with E-state index in [1.807, 2.05) is 24.3 Å². The first-order valence-electron chi connectivity index (χ1n) is 7.49. The molecule has 1 amide bonds. The lowest BCUT2D eigenvalue weighted by Crippen LogP contribution is -2.26. The highest BCUT2D eigenvalue weighted by molar-refractivity contribution is 6.39. The van der Waals surface area contributed by atoms with Crippen LogP contribution in [0.15, 0.2) is 42.5 Å². The van der Waals surface area contributed by atoms with Crippen LogP contribution >= 0.6 is 23.2 Å². The summed E-state index contributed by atoms with van der Waals surface area (Å²) in [5.41, 5.74) is 2.32. The highest BCUT2D eigenvalue weighted by atomic mass is 35.5. The molecule has 2 aromatic rings. The predicted molar refractivity (Wildman–Crippen MR) is 94.9 cm³/mol. The van der Waals surface area contributed by atoms with E-state index in [1.54, 1.807) is 18.2 Å². The van der Waals surface area contributed by atoms with Crippen LogP contribution in [0.3, 0.4) is 0 Å². The lowest BCUT2D eigenvalue weighted by molar-refractivity contribution is -0.136. The van der Waals surface area contributed by atoms with Gasteiger partial charge in [0.25, 0.3) is 5.91 Å². The number of halogens is 2. The van der Waals surface area contributed by atoms with E-state index in [-0.39, 0.29) is 17.9 Å². The van der Waals surface area contributed by atoms with Crippen LogP contribution in [-0.2, 0) is 17.6 Å². The van der Waals surface area contributed by atoms with Crippen molar-refractivity contribution in [2.45, 2.75) is 19.3 Å². The van der Waals surface area contributed by atoms with Crippen molar-refractivity contribution < 1.29 is 14.7 Å². The van der Waals surface area contributed by atoms with Gasteiger partial charge in [-0.15, -0.1) is 0 Å². The predicted octanol–water partition coefficient (Wildman–Crippen LogP) is 3.98. The van der Waals surface area contributed by atoms with Gasteiger partial charge in [-0.05, 0) is 36.1 Å². The normalized spacial score (nSPS) is 10.4. The number of nitrogens with one attached hydrogen (secondary N) is 1. The average Bonchev–Trinajstić information content (AvgIpc) is 2.54. The van der Waals surface area contributed by atoms with Crippen molar-refractivity contribution in [1.29, 1.82) is 0 Å². The van der Waals surface area contributed by atoms with E-state index in [4.69, 9.17) is 28.3 Å². The fraction of sp³-hybridized carbons (Fsp3) is 0.222. The van der Waals surface area contributed by atoms with Crippen LogP contribution in [0.2, 0.25) is 10.0 Å². The van der Waals surface area contributed by atoms with Crippen LogP contribution in [0.5, 0.6) is 0 Å². The Morgan fingerprint density at radius 2 is 1.46 bits per heavy atom. The van der Waals surface area contributed by atoms with Gasteiger partial charge in [-0.3, -0.25) is 9.59 Å². The van der Waals surface area contributed by atoms with Gasteiger partial charge in [0.1, 0.15) is 0 Å². The molecule has 0 saturated heterocycles. The minimum Gasteiger partial charge on any atom is -0.481 e. The molecule has 0 fully saturated rings. The Labute approximate surface area is 150 Å². The van der Waals surface area contributed by atoms with E-state index in [0.29, 0.717) is 29.4 Å². The number of carbonyl (C=O) groups excluding carboxylic acids is 1. The molecule has 4 nitrogen and oxygen atoms in total. The number of hydrogen-bond donors (Lipinski definition) is 2. The number of benzene rings is 2. The number of amides is 1. The summed E-state index contributed by atoms with van der Waals surface area (Å²) in [6, 6.07) is 12.6. The van der Waals surface area contributed by atoms with Crippen molar-refractivity contribution in [3.8, 4) is 0 Å². The van der Waals surface area contributed by atoms with E-state index >= 15 is 0 Å². The molecule has 0 unspecified atom stereocenters. The molecule has 0 bridgehead atoms. The molecule has 0 aliphatic heterocycles. The number of aryl methyl sites for hydroxylation is 1. The van der Waals surface area contributed by atoms with E-state index in [2.05, 4.69) is 5.32 Å². The smallest absolute Gasteiger partial charge is 0.303 e. The second-order valence-electron chi connectivity index (χ2n) is 5.31. The summed E-state index contributed by atoms with van der Waals surface area (Å²) in [5.74, 6) is -1.11. The van der Waals surface area contributed by atoms with Crippen molar-refractivity contribution in [2.24, 2.45) is 0 Å². The zero-order chi connectivity index (χ0) is 17.5. The second-order valence-corrected chi connectivity index (χ2v) is 6.13. The molecule has 0 aliphatic rings. The Morgan fingerprint density at radius 3 is 2.00 bits per heavy atom. The van der Waals surface area contributed by atoms with Crippen molar-refractivity contribution in [3.63, 3.8) is 0 Å². The van der Waals surface area contributed by atoms with Gasteiger partial charge < -0.3 is 10.4 Å². The number of rotatable bonds is 7. The summed E-state index contributed by atoms with van der Waals surface area (Å²) in [4.78, 5) is 22.7. The van der Waals surface area contributed by atoms with Crippen LogP contribution in [0.25, 0.3) is 0 Å². The molecule has 0 aromatic heterocycles. The summed E-state index contributed by atoms with van der Waals surface area (Å²) in [5, 5.41) is 12.1. The average molecular weight is 366 g/mol. The number of aliphatic carboxylic acids is 1. The molecule has 6 heteroatoms. The van der Waals surface area contributed by atoms with E-state index in [0.717, 1.165) is 11.1 Å². The standard InChI is InChI=1S/C18H17Cl2NO3/c19-14-2-1-3-15(20)17(14)18(24)21-11-10-13-6-4-12(5-7-13)8-9-16(22)23/h1-7H,8-11H2,(H,21,24)(H,22,23). The molecule has 0 aliphatic carbocycles. The van der Waals surface area contributed by atoms with Crippen molar-refractivity contribution in [2.75, 3.05) is 6.54 Å². The number of hydrogen-bond acceptors (Lipinski definition) is 2. The maximum atomic E-state index is 12.1. The van der Waals surface area contributed by atoms with Gasteiger partial charge in [-0.2, -0.15) is 0 Å². The van der Waals surface area contributed by atoms with E-state index in [9.17, 15) is 9.59 Å². The third-order valence-electron chi connectivity index (χ3n) is 3.54. The lowest BCUT2D eigenvalue weighted by Gasteiger charge is -2.09. The Hall–Kier alpha value is -2.04. The summed E-state index contributed by atoms with van der Waals surface area (Å²) >= 11 is 12.0. The van der Waals surface area contributed by atoms with Crippen LogP contribution in [0.1, 0.15) is 27.9 Å². The Kier molecular flexibility index (Phi) is 6.64. The number of carbonyl (C=O) groups is 2. The first kappa shape index (κ1) is 18.3. The van der Waals surface area contributed by atoms with Crippen molar-refractivity contribution in [1.82, 2.24) is 5.32 Å². The summed E-state index contributed by atoms with van der Waals surface area (Å²) in [6.07, 6.45) is 1.29. The number of carboxylic acid groups (broad SMARTS) is 1. The van der Waals surface area contributed by atoms with Crippen molar-refractivity contribution >= 4 is 35.1 Å². The van der Waals surface area contributed by atoms with Crippen LogP contribution in [-0.4, -0.2) is 23.5 Å². The molecule has 2 N–H and O–H groups in total. The fourth-order valence-corrected chi connectivity index (χ4v) is 2.82. The van der Waals surface area contributed by atoms with Crippen molar-refractivity contribution in [3.05, 3.63) is 69.2 Å². The Balaban J connectivity index is 1.85. The van der Waals surface area contributed by atoms with Gasteiger partial charge in [0, 0.05) is 13.0 Å². The minimum absolute atomic E-state index is 0.119. The summed E-state index contributed by atoms with van der Waals surface area (Å²) in [7, 11) is 0. The molecule has 0 atom stereocenters. The molecule has 0 spiro atoms. The Morgan fingerprint density at radius 1 is 0.917 bits per heavy atom. The molecule has 2 aromatic carbocycles. The van der Waals surface area contributed by atoms with Gasteiger partial charge in [0.2, 0.25) is 0 Å². The van der Waals surface area contributed by atoms with E-state index < -0.39 is 5.97 Å². The molecule has 0 heterocycles. The quantitative estimate of drug-likeness (QED) is 0.779. The maximum absolute atomic E-state index is 12.1. The molecular weight excluding hydrogens is 349 g/mol. The van der Waals surface area contributed by atoms with Gasteiger partial charge in [0.05, 0.1) is 15.6 Å². The zero-order valence-corrected chi connectivity index (χ0v) is 14.4.